The highest BCUT2D eigenvalue weighted by molar-refractivity contribution is 5.85. The average molecular weight is 265 g/mol. The standard InChI is InChI=1S/C13H19N3O3/c1-8-4-11(15-12(14-8)13(18)19-3)16(2)7-9-5-10(17)6-9/h4,9-10,17H,5-7H2,1-3H3. The van der Waals surface area contributed by atoms with Crippen molar-refractivity contribution in [2.45, 2.75) is 25.9 Å². The Morgan fingerprint density at radius 1 is 1.53 bits per heavy atom. The Hall–Kier alpha value is -1.69. The number of carbonyl (C=O) groups is 1. The highest BCUT2D eigenvalue weighted by atomic mass is 16.5. The zero-order valence-electron chi connectivity index (χ0n) is 11.5. The number of methoxy groups -OCH3 is 1. The summed E-state index contributed by atoms with van der Waals surface area (Å²) < 4.78 is 4.64. The number of aliphatic hydroxyl groups is 1. The molecule has 1 fully saturated rings. The normalized spacial score (nSPS) is 21.7. The van der Waals surface area contributed by atoms with Gasteiger partial charge in [0.05, 0.1) is 13.2 Å². The largest absolute Gasteiger partial charge is 0.463 e. The molecule has 6 nitrogen and oxygen atoms in total. The molecule has 1 aromatic heterocycles. The summed E-state index contributed by atoms with van der Waals surface area (Å²) >= 11 is 0. The van der Waals surface area contributed by atoms with Gasteiger partial charge in [0.1, 0.15) is 5.82 Å². The second-order valence-electron chi connectivity index (χ2n) is 5.05. The van der Waals surface area contributed by atoms with Crippen molar-refractivity contribution < 1.29 is 14.6 Å². The van der Waals surface area contributed by atoms with E-state index in [0.717, 1.165) is 25.1 Å². The monoisotopic (exact) mass is 265 g/mol. The van der Waals surface area contributed by atoms with Crippen molar-refractivity contribution in [2.24, 2.45) is 5.92 Å². The molecule has 0 unspecified atom stereocenters. The van der Waals surface area contributed by atoms with Crippen LogP contribution in [0.15, 0.2) is 6.07 Å². The molecule has 104 valence electrons. The summed E-state index contributed by atoms with van der Waals surface area (Å²) in [6, 6.07) is 1.83. The van der Waals surface area contributed by atoms with E-state index in [2.05, 4.69) is 14.7 Å². The van der Waals surface area contributed by atoms with Crippen molar-refractivity contribution in [1.82, 2.24) is 9.97 Å². The molecule has 0 aliphatic heterocycles. The van der Waals surface area contributed by atoms with Gasteiger partial charge in [0.15, 0.2) is 0 Å². The van der Waals surface area contributed by atoms with Crippen molar-refractivity contribution in [3.05, 3.63) is 17.6 Å². The first-order valence-corrected chi connectivity index (χ1v) is 6.32. The molecule has 19 heavy (non-hydrogen) atoms. The van der Waals surface area contributed by atoms with Gasteiger partial charge in [-0.25, -0.2) is 14.8 Å². The number of esters is 1. The minimum Gasteiger partial charge on any atom is -0.463 e. The zero-order chi connectivity index (χ0) is 14.0. The first-order valence-electron chi connectivity index (χ1n) is 6.32. The molecule has 0 saturated heterocycles. The second kappa shape index (κ2) is 5.52. The van der Waals surface area contributed by atoms with Crippen LogP contribution in [0.5, 0.6) is 0 Å². The highest BCUT2D eigenvalue weighted by Crippen LogP contribution is 2.28. The predicted molar refractivity (Wildman–Crippen MR) is 70.1 cm³/mol. The number of aryl methyl sites for hydroxylation is 1. The van der Waals surface area contributed by atoms with Gasteiger partial charge in [-0.3, -0.25) is 0 Å². The molecule has 1 N–H and O–H groups in total. The summed E-state index contributed by atoms with van der Waals surface area (Å²) in [5.41, 5.74) is 0.728. The van der Waals surface area contributed by atoms with Gasteiger partial charge in [-0.2, -0.15) is 0 Å². The molecule has 6 heteroatoms. The average Bonchev–Trinajstić information content (AvgIpc) is 2.35. The van der Waals surface area contributed by atoms with Crippen molar-refractivity contribution in [1.29, 1.82) is 0 Å². The molecular weight excluding hydrogens is 246 g/mol. The Bertz CT molecular complexity index is 472. The summed E-state index contributed by atoms with van der Waals surface area (Å²) in [4.78, 5) is 21.7. The maximum Gasteiger partial charge on any atom is 0.376 e. The lowest BCUT2D eigenvalue weighted by molar-refractivity contribution is 0.0464. The summed E-state index contributed by atoms with van der Waals surface area (Å²) in [6.45, 7) is 2.63. The number of aromatic nitrogens is 2. The van der Waals surface area contributed by atoms with Crippen molar-refractivity contribution in [2.75, 3.05) is 25.6 Å². The van der Waals surface area contributed by atoms with Gasteiger partial charge in [0, 0.05) is 25.4 Å². The van der Waals surface area contributed by atoms with E-state index in [9.17, 15) is 9.90 Å². The fraction of sp³-hybridized carbons (Fsp3) is 0.615. The van der Waals surface area contributed by atoms with Gasteiger partial charge >= 0.3 is 5.97 Å². The first kappa shape index (κ1) is 13.7. The van der Waals surface area contributed by atoms with Crippen LogP contribution < -0.4 is 4.90 Å². The number of hydrogen-bond donors (Lipinski definition) is 1. The Kier molecular flexibility index (Phi) is 3.99. The molecule has 1 heterocycles. The molecule has 1 aliphatic carbocycles. The molecule has 0 atom stereocenters. The van der Waals surface area contributed by atoms with E-state index in [4.69, 9.17) is 0 Å². The first-order chi connectivity index (χ1) is 8.99. The third-order valence-electron chi connectivity index (χ3n) is 3.34. The lowest BCUT2D eigenvalue weighted by Crippen LogP contribution is -2.37. The Balaban J connectivity index is 2.10. The quantitative estimate of drug-likeness (QED) is 0.811. The van der Waals surface area contributed by atoms with E-state index >= 15 is 0 Å². The third-order valence-corrected chi connectivity index (χ3v) is 3.34. The second-order valence-corrected chi connectivity index (χ2v) is 5.05. The van der Waals surface area contributed by atoms with Crippen molar-refractivity contribution >= 4 is 11.8 Å². The van der Waals surface area contributed by atoms with E-state index in [1.54, 1.807) is 0 Å². The maximum absolute atomic E-state index is 11.5. The van der Waals surface area contributed by atoms with E-state index < -0.39 is 5.97 Å². The van der Waals surface area contributed by atoms with Crippen LogP contribution in [0.1, 0.15) is 29.2 Å². The molecule has 1 saturated carbocycles. The molecule has 0 radical (unpaired) electrons. The van der Waals surface area contributed by atoms with Gasteiger partial charge in [-0.1, -0.05) is 0 Å². The van der Waals surface area contributed by atoms with Gasteiger partial charge in [-0.15, -0.1) is 0 Å². The minimum atomic E-state index is -0.530. The SMILES string of the molecule is COC(=O)c1nc(C)cc(N(C)CC2CC(O)C2)n1. The molecule has 1 aromatic rings. The van der Waals surface area contributed by atoms with Crippen LogP contribution in [-0.4, -0.2) is 47.8 Å². The Morgan fingerprint density at radius 3 is 2.79 bits per heavy atom. The van der Waals surface area contributed by atoms with Crippen LogP contribution in [0.4, 0.5) is 5.82 Å². The van der Waals surface area contributed by atoms with Crippen LogP contribution in [-0.2, 0) is 4.74 Å². The van der Waals surface area contributed by atoms with Gasteiger partial charge in [0.2, 0.25) is 5.82 Å². The summed E-state index contributed by atoms with van der Waals surface area (Å²) in [7, 11) is 3.24. The zero-order valence-corrected chi connectivity index (χ0v) is 11.5. The number of anilines is 1. The van der Waals surface area contributed by atoms with E-state index in [-0.39, 0.29) is 11.9 Å². The molecule has 2 rings (SSSR count). The van der Waals surface area contributed by atoms with Crippen LogP contribution in [0.2, 0.25) is 0 Å². The third kappa shape index (κ3) is 3.20. The fourth-order valence-electron chi connectivity index (χ4n) is 2.26. The molecule has 0 spiro atoms. The number of carbonyl (C=O) groups excluding carboxylic acids is 1. The number of nitrogens with zero attached hydrogens (tertiary/aromatic N) is 3. The van der Waals surface area contributed by atoms with E-state index in [1.165, 1.54) is 7.11 Å². The minimum absolute atomic E-state index is 0.0815. The number of aliphatic hydroxyl groups excluding tert-OH is 1. The molecule has 1 aliphatic rings. The predicted octanol–water partition coefficient (Wildman–Crippen LogP) is 0.779. The Morgan fingerprint density at radius 2 is 2.21 bits per heavy atom. The maximum atomic E-state index is 11.5. The van der Waals surface area contributed by atoms with Crippen molar-refractivity contribution in [3.63, 3.8) is 0 Å². The summed E-state index contributed by atoms with van der Waals surface area (Å²) in [6.07, 6.45) is 1.51. The van der Waals surface area contributed by atoms with Gasteiger partial charge in [-0.05, 0) is 25.7 Å². The van der Waals surface area contributed by atoms with E-state index in [0.29, 0.717) is 11.7 Å². The number of ether oxygens (including phenoxy) is 1. The van der Waals surface area contributed by atoms with Crippen molar-refractivity contribution in [3.8, 4) is 0 Å². The van der Waals surface area contributed by atoms with Crippen LogP contribution >= 0.6 is 0 Å². The summed E-state index contributed by atoms with van der Waals surface area (Å²) in [5, 5.41) is 9.29. The van der Waals surface area contributed by atoms with Crippen LogP contribution in [0.25, 0.3) is 0 Å². The molecular formula is C13H19N3O3. The molecule has 0 aromatic carbocycles. The topological polar surface area (TPSA) is 75.5 Å². The highest BCUT2D eigenvalue weighted by Gasteiger charge is 2.28. The molecule has 0 bridgehead atoms. The van der Waals surface area contributed by atoms with Gasteiger partial charge < -0.3 is 14.7 Å². The van der Waals surface area contributed by atoms with E-state index in [1.807, 2.05) is 24.9 Å². The van der Waals surface area contributed by atoms with Crippen LogP contribution in [0, 0.1) is 12.8 Å². The van der Waals surface area contributed by atoms with Crippen LogP contribution in [0.3, 0.4) is 0 Å². The number of rotatable bonds is 4. The Labute approximate surface area is 112 Å². The molecule has 0 amide bonds. The smallest absolute Gasteiger partial charge is 0.376 e. The number of hydrogen-bond acceptors (Lipinski definition) is 6. The lowest BCUT2D eigenvalue weighted by atomic mass is 9.82. The fourth-order valence-corrected chi connectivity index (χ4v) is 2.26. The van der Waals surface area contributed by atoms with Gasteiger partial charge in [0.25, 0.3) is 0 Å². The lowest BCUT2D eigenvalue weighted by Gasteiger charge is -2.34. The summed E-state index contributed by atoms with van der Waals surface area (Å²) in [5.74, 6) is 0.738.